The van der Waals surface area contributed by atoms with Gasteiger partial charge in [0.15, 0.2) is 0 Å². The van der Waals surface area contributed by atoms with Crippen LogP contribution >= 0.6 is 0 Å². The second-order valence-corrected chi connectivity index (χ2v) is 5.89. The summed E-state index contributed by atoms with van der Waals surface area (Å²) in [6.45, 7) is 16.8. The standard InChI is InChI=1S/C14H29N/c1-8-12(4)9-13(11(2)3)10-15-14(5,6)7/h9,11-12,15H,8,10H2,1-7H3/b13-9-. The minimum Gasteiger partial charge on any atom is -0.308 e. The van der Waals surface area contributed by atoms with Crippen molar-refractivity contribution >= 4 is 0 Å². The van der Waals surface area contributed by atoms with E-state index in [-0.39, 0.29) is 5.54 Å². The molecule has 0 rings (SSSR count). The van der Waals surface area contributed by atoms with E-state index in [0.29, 0.717) is 11.8 Å². The van der Waals surface area contributed by atoms with Crippen molar-refractivity contribution in [2.24, 2.45) is 11.8 Å². The van der Waals surface area contributed by atoms with Gasteiger partial charge >= 0.3 is 0 Å². The summed E-state index contributed by atoms with van der Waals surface area (Å²) in [7, 11) is 0. The van der Waals surface area contributed by atoms with E-state index in [0.717, 1.165) is 6.54 Å². The summed E-state index contributed by atoms with van der Waals surface area (Å²) < 4.78 is 0. The number of allylic oxidation sites excluding steroid dienone is 1. The lowest BCUT2D eigenvalue weighted by molar-refractivity contribution is 0.435. The Bertz CT molecular complexity index is 196. The van der Waals surface area contributed by atoms with Crippen LogP contribution in [0.15, 0.2) is 11.6 Å². The minimum absolute atomic E-state index is 0.212. The Morgan fingerprint density at radius 3 is 2.07 bits per heavy atom. The molecular formula is C14H29N. The normalized spacial score (nSPS) is 15.9. The van der Waals surface area contributed by atoms with Crippen LogP contribution in [0.1, 0.15) is 54.9 Å². The molecule has 1 heteroatoms. The molecule has 0 radical (unpaired) electrons. The SMILES string of the molecule is CCC(C)/C=C(/CNC(C)(C)C)C(C)C. The highest BCUT2D eigenvalue weighted by atomic mass is 14.9. The molecule has 1 N–H and O–H groups in total. The zero-order chi connectivity index (χ0) is 12.1. The van der Waals surface area contributed by atoms with Gasteiger partial charge in [0.05, 0.1) is 0 Å². The maximum atomic E-state index is 3.56. The van der Waals surface area contributed by atoms with E-state index in [4.69, 9.17) is 0 Å². The lowest BCUT2D eigenvalue weighted by atomic mass is 9.96. The molecule has 15 heavy (non-hydrogen) atoms. The number of nitrogens with one attached hydrogen (secondary N) is 1. The molecular weight excluding hydrogens is 182 g/mol. The molecule has 1 nitrogen and oxygen atoms in total. The summed E-state index contributed by atoms with van der Waals surface area (Å²) in [5, 5.41) is 3.56. The van der Waals surface area contributed by atoms with E-state index < -0.39 is 0 Å². The first-order valence-corrected chi connectivity index (χ1v) is 6.22. The average molecular weight is 211 g/mol. The number of hydrogen-bond acceptors (Lipinski definition) is 1. The fourth-order valence-electron chi connectivity index (χ4n) is 1.31. The van der Waals surface area contributed by atoms with Crippen molar-refractivity contribution in [2.75, 3.05) is 6.54 Å². The Morgan fingerprint density at radius 2 is 1.73 bits per heavy atom. The van der Waals surface area contributed by atoms with Crippen molar-refractivity contribution in [3.8, 4) is 0 Å². The highest BCUT2D eigenvalue weighted by molar-refractivity contribution is 5.09. The largest absolute Gasteiger partial charge is 0.308 e. The van der Waals surface area contributed by atoms with Gasteiger partial charge < -0.3 is 5.32 Å². The fourth-order valence-corrected chi connectivity index (χ4v) is 1.31. The Hall–Kier alpha value is -0.300. The van der Waals surface area contributed by atoms with Gasteiger partial charge in [0.1, 0.15) is 0 Å². The summed E-state index contributed by atoms with van der Waals surface area (Å²) in [6, 6.07) is 0. The monoisotopic (exact) mass is 211 g/mol. The van der Waals surface area contributed by atoms with E-state index in [1.807, 2.05) is 0 Å². The molecule has 0 aromatic carbocycles. The summed E-state index contributed by atoms with van der Waals surface area (Å²) in [6.07, 6.45) is 3.66. The molecule has 1 unspecified atom stereocenters. The molecule has 0 heterocycles. The smallest absolute Gasteiger partial charge is 0.0172 e. The van der Waals surface area contributed by atoms with Gasteiger partial charge in [-0.3, -0.25) is 0 Å². The van der Waals surface area contributed by atoms with Crippen molar-refractivity contribution in [1.29, 1.82) is 0 Å². The van der Waals surface area contributed by atoms with Gasteiger partial charge in [-0.05, 0) is 32.6 Å². The molecule has 90 valence electrons. The summed E-state index contributed by atoms with van der Waals surface area (Å²) in [5.74, 6) is 1.35. The zero-order valence-electron chi connectivity index (χ0n) is 11.6. The predicted octanol–water partition coefficient (Wildman–Crippen LogP) is 4.00. The van der Waals surface area contributed by atoms with Crippen LogP contribution in [-0.2, 0) is 0 Å². The van der Waals surface area contributed by atoms with Crippen molar-refractivity contribution in [3.63, 3.8) is 0 Å². The fraction of sp³-hybridized carbons (Fsp3) is 0.857. The molecule has 0 aliphatic rings. The summed E-state index contributed by atoms with van der Waals surface area (Å²) in [5.41, 5.74) is 1.75. The van der Waals surface area contributed by atoms with Crippen molar-refractivity contribution in [3.05, 3.63) is 11.6 Å². The Kier molecular flexibility index (Phi) is 6.19. The van der Waals surface area contributed by atoms with Crippen LogP contribution in [0.5, 0.6) is 0 Å². The first kappa shape index (κ1) is 14.7. The maximum absolute atomic E-state index is 3.56. The van der Waals surface area contributed by atoms with E-state index in [9.17, 15) is 0 Å². The minimum atomic E-state index is 0.212. The van der Waals surface area contributed by atoms with E-state index >= 15 is 0 Å². The van der Waals surface area contributed by atoms with Crippen LogP contribution in [0.2, 0.25) is 0 Å². The van der Waals surface area contributed by atoms with Crippen molar-refractivity contribution in [1.82, 2.24) is 5.32 Å². The van der Waals surface area contributed by atoms with Gasteiger partial charge in [-0.2, -0.15) is 0 Å². The number of rotatable bonds is 5. The lowest BCUT2D eigenvalue weighted by Gasteiger charge is -2.23. The van der Waals surface area contributed by atoms with E-state index in [2.05, 4.69) is 59.9 Å². The Labute approximate surface area is 96.3 Å². The summed E-state index contributed by atoms with van der Waals surface area (Å²) in [4.78, 5) is 0. The molecule has 0 spiro atoms. The van der Waals surface area contributed by atoms with Gasteiger partial charge in [0.2, 0.25) is 0 Å². The molecule has 0 aromatic heterocycles. The second-order valence-electron chi connectivity index (χ2n) is 5.89. The molecule has 0 fully saturated rings. The van der Waals surface area contributed by atoms with Gasteiger partial charge in [0, 0.05) is 12.1 Å². The first-order valence-electron chi connectivity index (χ1n) is 6.22. The van der Waals surface area contributed by atoms with Gasteiger partial charge in [-0.25, -0.2) is 0 Å². The highest BCUT2D eigenvalue weighted by Gasteiger charge is 2.11. The van der Waals surface area contributed by atoms with Crippen molar-refractivity contribution in [2.45, 2.75) is 60.4 Å². The van der Waals surface area contributed by atoms with Gasteiger partial charge in [0.25, 0.3) is 0 Å². The first-order chi connectivity index (χ1) is 6.76. The molecule has 0 saturated heterocycles. The second kappa shape index (κ2) is 6.32. The van der Waals surface area contributed by atoms with E-state index in [1.54, 1.807) is 5.57 Å². The third-order valence-electron chi connectivity index (χ3n) is 2.71. The topological polar surface area (TPSA) is 12.0 Å². The van der Waals surface area contributed by atoms with Gasteiger partial charge in [-0.1, -0.05) is 45.8 Å². The Balaban J connectivity index is 4.36. The van der Waals surface area contributed by atoms with Crippen LogP contribution < -0.4 is 5.32 Å². The third kappa shape index (κ3) is 7.61. The molecule has 0 aromatic rings. The molecule has 0 bridgehead atoms. The van der Waals surface area contributed by atoms with Crippen LogP contribution in [0, 0.1) is 11.8 Å². The average Bonchev–Trinajstić information content (AvgIpc) is 2.09. The van der Waals surface area contributed by atoms with Gasteiger partial charge in [-0.15, -0.1) is 0 Å². The van der Waals surface area contributed by atoms with Crippen LogP contribution in [-0.4, -0.2) is 12.1 Å². The molecule has 0 saturated carbocycles. The Morgan fingerprint density at radius 1 is 1.20 bits per heavy atom. The molecule has 0 aliphatic heterocycles. The molecule has 1 atom stereocenters. The molecule has 0 aliphatic carbocycles. The summed E-state index contributed by atoms with van der Waals surface area (Å²) >= 11 is 0. The lowest BCUT2D eigenvalue weighted by Crippen LogP contribution is -2.37. The highest BCUT2D eigenvalue weighted by Crippen LogP contribution is 2.15. The van der Waals surface area contributed by atoms with Crippen molar-refractivity contribution < 1.29 is 0 Å². The van der Waals surface area contributed by atoms with Crippen LogP contribution in [0.3, 0.4) is 0 Å². The zero-order valence-corrected chi connectivity index (χ0v) is 11.6. The van der Waals surface area contributed by atoms with Crippen LogP contribution in [0.4, 0.5) is 0 Å². The maximum Gasteiger partial charge on any atom is 0.0172 e. The quantitative estimate of drug-likeness (QED) is 0.678. The van der Waals surface area contributed by atoms with Crippen LogP contribution in [0.25, 0.3) is 0 Å². The predicted molar refractivity (Wildman–Crippen MR) is 70.1 cm³/mol. The third-order valence-corrected chi connectivity index (χ3v) is 2.71. The molecule has 0 amide bonds. The van der Waals surface area contributed by atoms with E-state index in [1.165, 1.54) is 6.42 Å². The number of hydrogen-bond donors (Lipinski definition) is 1.